The average Bonchev–Trinajstić information content (AvgIpc) is 2.93. The third-order valence-corrected chi connectivity index (χ3v) is 7.91. The van der Waals surface area contributed by atoms with E-state index in [0.29, 0.717) is 31.2 Å². The smallest absolute Gasteiger partial charge is 0.320 e. The maximum absolute atomic E-state index is 13.3. The van der Waals surface area contributed by atoms with Crippen LogP contribution in [0.2, 0.25) is 0 Å². The zero-order valence-electron chi connectivity index (χ0n) is 20.7. The number of ether oxygens (including phenoxy) is 2. The minimum Gasteiger partial charge on any atom is -0.491 e. The molecular formula is C29H35FN2O4. The van der Waals surface area contributed by atoms with E-state index in [1.165, 1.54) is 11.1 Å². The van der Waals surface area contributed by atoms with Crippen LogP contribution in [0, 0.1) is 11.8 Å². The van der Waals surface area contributed by atoms with Crippen LogP contribution < -0.4 is 4.74 Å². The molecule has 2 amide bonds. The fourth-order valence-electron chi connectivity index (χ4n) is 6.10. The lowest BCUT2D eigenvalue weighted by Gasteiger charge is -2.43. The van der Waals surface area contributed by atoms with Gasteiger partial charge < -0.3 is 19.3 Å². The topological polar surface area (TPSA) is 59.1 Å². The number of carbonyl (C=O) groups is 2. The molecule has 0 saturated carbocycles. The van der Waals surface area contributed by atoms with Crippen molar-refractivity contribution in [3.05, 3.63) is 65.7 Å². The average molecular weight is 495 g/mol. The molecule has 36 heavy (non-hydrogen) atoms. The summed E-state index contributed by atoms with van der Waals surface area (Å²) >= 11 is 0. The third-order valence-electron chi connectivity index (χ3n) is 7.91. The van der Waals surface area contributed by atoms with E-state index in [4.69, 9.17) is 9.47 Å². The van der Waals surface area contributed by atoms with Gasteiger partial charge in [0.05, 0.1) is 6.10 Å². The number of carbonyl (C=O) groups excluding carboxylic acids is 2. The first kappa shape index (κ1) is 24.8. The molecule has 0 aromatic heterocycles. The van der Waals surface area contributed by atoms with E-state index in [1.54, 1.807) is 0 Å². The van der Waals surface area contributed by atoms with E-state index in [0.717, 1.165) is 32.4 Å². The molecule has 2 aromatic rings. The van der Waals surface area contributed by atoms with Crippen molar-refractivity contribution < 1.29 is 23.5 Å². The van der Waals surface area contributed by atoms with E-state index in [1.807, 2.05) is 28.0 Å². The van der Waals surface area contributed by atoms with Gasteiger partial charge in [0, 0.05) is 44.4 Å². The van der Waals surface area contributed by atoms with E-state index in [-0.39, 0.29) is 43.0 Å². The molecule has 6 nitrogen and oxygen atoms in total. The number of hydrogen-bond acceptors (Lipinski definition) is 4. The Morgan fingerprint density at radius 1 is 0.972 bits per heavy atom. The number of alkyl halides is 1. The number of hydrogen-bond donors (Lipinski definition) is 0. The molecular weight excluding hydrogens is 459 g/mol. The molecule has 3 aliphatic rings. The quantitative estimate of drug-likeness (QED) is 0.585. The molecule has 7 heteroatoms. The minimum atomic E-state index is -0.504. The monoisotopic (exact) mass is 494 g/mol. The zero-order valence-corrected chi connectivity index (χ0v) is 20.7. The molecule has 0 aliphatic carbocycles. The summed E-state index contributed by atoms with van der Waals surface area (Å²) in [7, 11) is 0. The number of benzene rings is 2. The van der Waals surface area contributed by atoms with Gasteiger partial charge in [-0.05, 0) is 48.4 Å². The number of fused-ring (bicyclic) bond motifs is 1. The van der Waals surface area contributed by atoms with E-state index in [2.05, 4.69) is 36.4 Å². The number of amides is 2. The van der Waals surface area contributed by atoms with Gasteiger partial charge in [-0.25, -0.2) is 9.18 Å². The van der Waals surface area contributed by atoms with Crippen molar-refractivity contribution in [1.82, 2.24) is 9.80 Å². The second-order valence-corrected chi connectivity index (χ2v) is 10.2. The summed E-state index contributed by atoms with van der Waals surface area (Å²) in [5, 5.41) is 0. The second-order valence-electron chi connectivity index (χ2n) is 10.2. The Morgan fingerprint density at radius 3 is 2.39 bits per heavy atom. The number of ketones is 1. The Kier molecular flexibility index (Phi) is 7.85. The fourth-order valence-corrected chi connectivity index (χ4v) is 6.10. The van der Waals surface area contributed by atoms with Gasteiger partial charge in [0.1, 0.15) is 25.6 Å². The molecule has 5 rings (SSSR count). The highest BCUT2D eigenvalue weighted by atomic mass is 19.1. The van der Waals surface area contributed by atoms with Crippen molar-refractivity contribution in [3.63, 3.8) is 0 Å². The van der Waals surface area contributed by atoms with Gasteiger partial charge in [-0.15, -0.1) is 0 Å². The maximum atomic E-state index is 13.3. The predicted molar refractivity (Wildman–Crippen MR) is 135 cm³/mol. The van der Waals surface area contributed by atoms with Gasteiger partial charge >= 0.3 is 6.03 Å². The van der Waals surface area contributed by atoms with Crippen LogP contribution in [0.1, 0.15) is 42.7 Å². The standard InChI is InChI=1S/C29H35FN2O4/c30-13-17-35-26-8-6-22(7-9-26)28(21-4-2-1-3-5-21)23-10-14-31(15-11-23)29(34)32-16-12-27-24(19-32)18-25(33)20-36-27/h1-9,23-24,27-28H,10-20H2/t24-,27+,28-/m1/s1. The molecule has 0 radical (unpaired) electrons. The number of halogens is 1. The van der Waals surface area contributed by atoms with Crippen LogP contribution in [0.25, 0.3) is 0 Å². The normalized spacial score (nSPS) is 23.8. The summed E-state index contributed by atoms with van der Waals surface area (Å²) in [6.45, 7) is 2.54. The molecule has 0 bridgehead atoms. The van der Waals surface area contributed by atoms with Crippen LogP contribution in [-0.4, -0.2) is 73.8 Å². The highest BCUT2D eigenvalue weighted by molar-refractivity contribution is 5.81. The molecule has 3 atom stereocenters. The Hall–Kier alpha value is -2.93. The first-order valence-electron chi connectivity index (χ1n) is 13.1. The number of Topliss-reactive ketones (excluding diaryl/α,β-unsaturated/α-hetero) is 1. The van der Waals surface area contributed by atoms with Gasteiger partial charge in [-0.2, -0.15) is 0 Å². The minimum absolute atomic E-state index is 0.0652. The SMILES string of the molecule is O=C1CO[C@H]2CCN(C(=O)N3CCC([C@H](c4ccccc4)c4ccc(OCCF)cc4)CC3)C[C@H]2C1. The van der Waals surface area contributed by atoms with Crippen LogP contribution in [0.5, 0.6) is 5.75 Å². The molecule has 3 heterocycles. The van der Waals surface area contributed by atoms with Gasteiger partial charge in [0.25, 0.3) is 0 Å². The highest BCUT2D eigenvalue weighted by Crippen LogP contribution is 2.39. The van der Waals surface area contributed by atoms with Gasteiger partial charge in [-0.3, -0.25) is 4.79 Å². The molecule has 2 aromatic carbocycles. The first-order valence-corrected chi connectivity index (χ1v) is 13.1. The van der Waals surface area contributed by atoms with Crippen LogP contribution in [-0.2, 0) is 9.53 Å². The van der Waals surface area contributed by atoms with Crippen molar-refractivity contribution in [2.45, 2.75) is 37.7 Å². The predicted octanol–water partition coefficient (Wildman–Crippen LogP) is 4.68. The lowest BCUT2D eigenvalue weighted by atomic mass is 9.76. The van der Waals surface area contributed by atoms with Crippen molar-refractivity contribution in [2.75, 3.05) is 46.1 Å². The molecule has 3 saturated heterocycles. The lowest BCUT2D eigenvalue weighted by molar-refractivity contribution is -0.140. The van der Waals surface area contributed by atoms with Crippen LogP contribution in [0.15, 0.2) is 54.6 Å². The third kappa shape index (κ3) is 5.56. The molecule has 0 unspecified atom stereocenters. The van der Waals surface area contributed by atoms with Crippen LogP contribution in [0.3, 0.4) is 0 Å². The van der Waals surface area contributed by atoms with Gasteiger partial charge in [-0.1, -0.05) is 42.5 Å². The first-order chi connectivity index (χ1) is 17.6. The Balaban J connectivity index is 1.24. The zero-order chi connectivity index (χ0) is 24.9. The van der Waals surface area contributed by atoms with E-state index < -0.39 is 6.67 Å². The van der Waals surface area contributed by atoms with E-state index in [9.17, 15) is 14.0 Å². The van der Waals surface area contributed by atoms with Gasteiger partial charge in [0.2, 0.25) is 0 Å². The summed E-state index contributed by atoms with van der Waals surface area (Å²) in [5.74, 6) is 1.57. The largest absolute Gasteiger partial charge is 0.491 e. The molecule has 192 valence electrons. The summed E-state index contributed by atoms with van der Waals surface area (Å²) in [6, 6.07) is 18.6. The summed E-state index contributed by atoms with van der Waals surface area (Å²) in [5.41, 5.74) is 2.48. The number of nitrogens with zero attached hydrogens (tertiary/aromatic N) is 2. The second kappa shape index (κ2) is 11.4. The molecule has 0 N–H and O–H groups in total. The maximum Gasteiger partial charge on any atom is 0.320 e. The van der Waals surface area contributed by atoms with Crippen molar-refractivity contribution in [1.29, 1.82) is 0 Å². The van der Waals surface area contributed by atoms with Gasteiger partial charge in [0.15, 0.2) is 5.78 Å². The Labute approximate surface area is 212 Å². The fraction of sp³-hybridized carbons (Fsp3) is 0.517. The van der Waals surface area contributed by atoms with Crippen molar-refractivity contribution >= 4 is 11.8 Å². The Bertz CT molecular complexity index is 1020. The number of piperidine rings is 2. The van der Waals surface area contributed by atoms with Crippen LogP contribution >= 0.6 is 0 Å². The van der Waals surface area contributed by atoms with Crippen molar-refractivity contribution in [3.8, 4) is 5.75 Å². The molecule has 3 aliphatic heterocycles. The van der Waals surface area contributed by atoms with Crippen molar-refractivity contribution in [2.24, 2.45) is 11.8 Å². The lowest BCUT2D eigenvalue weighted by Crippen LogP contribution is -2.54. The number of likely N-dealkylation sites (tertiary alicyclic amines) is 2. The molecule has 3 fully saturated rings. The summed E-state index contributed by atoms with van der Waals surface area (Å²) < 4.78 is 23.6. The summed E-state index contributed by atoms with van der Waals surface area (Å²) in [6.07, 6.45) is 3.28. The van der Waals surface area contributed by atoms with Crippen LogP contribution in [0.4, 0.5) is 9.18 Å². The number of urea groups is 1. The van der Waals surface area contributed by atoms with E-state index >= 15 is 0 Å². The molecule has 0 spiro atoms. The summed E-state index contributed by atoms with van der Waals surface area (Å²) in [4.78, 5) is 29.1. The number of rotatable bonds is 6. The highest BCUT2D eigenvalue weighted by Gasteiger charge is 2.39. The Morgan fingerprint density at radius 2 is 1.67 bits per heavy atom.